The number of carbonyl (C=O) groups excluding carboxylic acids is 2. The van der Waals surface area contributed by atoms with Crippen LogP contribution in [0.4, 0.5) is 4.39 Å². The highest BCUT2D eigenvalue weighted by Crippen LogP contribution is 2.11. The van der Waals surface area contributed by atoms with Crippen LogP contribution >= 0.6 is 0 Å². The Hall–Kier alpha value is -2.83. The summed E-state index contributed by atoms with van der Waals surface area (Å²) in [4.78, 5) is 24.2. The number of carbonyl (C=O) groups is 2. The Labute approximate surface area is 144 Å². The minimum Gasteiger partial charge on any atom is -0.490 e. The van der Waals surface area contributed by atoms with Crippen molar-refractivity contribution >= 4 is 11.9 Å². The molecule has 1 atom stereocenters. The van der Waals surface area contributed by atoms with Gasteiger partial charge in [-0.2, -0.15) is 0 Å². The second-order valence-electron chi connectivity index (χ2n) is 5.64. The third kappa shape index (κ3) is 5.63. The summed E-state index contributed by atoms with van der Waals surface area (Å²) in [5, 5.41) is 2.59. The Bertz CT molecular complexity index is 682. The molecule has 25 heavy (non-hydrogen) atoms. The molecule has 1 heterocycles. The first-order valence-electron chi connectivity index (χ1n) is 7.86. The van der Waals surface area contributed by atoms with Crippen LogP contribution in [0, 0.1) is 11.7 Å². The molecule has 1 aromatic carbocycles. The van der Waals surface area contributed by atoms with Crippen LogP contribution < -0.4 is 10.1 Å². The van der Waals surface area contributed by atoms with E-state index >= 15 is 0 Å². The van der Waals surface area contributed by atoms with Gasteiger partial charge in [0.15, 0.2) is 5.76 Å². The summed E-state index contributed by atoms with van der Waals surface area (Å²) in [6.07, 6.45) is 1.38. The van der Waals surface area contributed by atoms with Gasteiger partial charge in [0.1, 0.15) is 30.8 Å². The molecule has 1 aromatic heterocycles. The van der Waals surface area contributed by atoms with Crippen LogP contribution in [0.5, 0.6) is 5.75 Å². The lowest BCUT2D eigenvalue weighted by Gasteiger charge is -2.20. The molecule has 0 aliphatic rings. The normalized spacial score (nSPS) is 11.8. The summed E-state index contributed by atoms with van der Waals surface area (Å²) in [5.74, 6) is -0.960. The molecule has 2 rings (SSSR count). The van der Waals surface area contributed by atoms with Crippen LogP contribution in [-0.2, 0) is 9.53 Å². The van der Waals surface area contributed by atoms with Crippen molar-refractivity contribution in [1.29, 1.82) is 0 Å². The zero-order chi connectivity index (χ0) is 18.2. The fourth-order valence-electron chi connectivity index (χ4n) is 2.04. The molecule has 1 N–H and O–H groups in total. The van der Waals surface area contributed by atoms with Crippen LogP contribution in [0.1, 0.15) is 24.4 Å². The molecule has 0 spiro atoms. The van der Waals surface area contributed by atoms with Gasteiger partial charge in [0.2, 0.25) is 0 Å². The van der Waals surface area contributed by atoms with Crippen molar-refractivity contribution in [1.82, 2.24) is 5.32 Å². The van der Waals surface area contributed by atoms with Crippen molar-refractivity contribution in [3.63, 3.8) is 0 Å². The molecule has 7 heteroatoms. The standard InChI is InChI=1S/C18H20FNO5/c1-12(2)16(20-17(21)15-4-3-9-24-15)18(22)25-11-10-23-14-7-5-13(19)6-8-14/h3-9,12,16H,10-11H2,1-2H3,(H,20,21)/t16-/m0/s1. The number of halogens is 1. The Morgan fingerprint density at radius 3 is 2.48 bits per heavy atom. The van der Waals surface area contributed by atoms with E-state index in [0.717, 1.165) is 0 Å². The number of esters is 1. The Balaban J connectivity index is 1.79. The molecular formula is C18H20FNO5. The largest absolute Gasteiger partial charge is 0.490 e. The monoisotopic (exact) mass is 349 g/mol. The number of furan rings is 1. The van der Waals surface area contributed by atoms with Gasteiger partial charge in [-0.1, -0.05) is 13.8 Å². The van der Waals surface area contributed by atoms with Crippen molar-refractivity contribution in [2.75, 3.05) is 13.2 Å². The molecule has 0 fully saturated rings. The van der Waals surface area contributed by atoms with Gasteiger partial charge in [0, 0.05) is 0 Å². The molecule has 0 saturated carbocycles. The lowest BCUT2D eigenvalue weighted by atomic mass is 10.0. The van der Waals surface area contributed by atoms with E-state index in [1.54, 1.807) is 19.9 Å². The molecule has 1 amide bonds. The number of nitrogens with one attached hydrogen (secondary N) is 1. The first-order chi connectivity index (χ1) is 12.0. The van der Waals surface area contributed by atoms with Crippen molar-refractivity contribution in [2.45, 2.75) is 19.9 Å². The lowest BCUT2D eigenvalue weighted by molar-refractivity contribution is -0.147. The number of amides is 1. The van der Waals surface area contributed by atoms with Gasteiger partial charge < -0.3 is 19.2 Å². The van der Waals surface area contributed by atoms with E-state index in [1.807, 2.05) is 0 Å². The summed E-state index contributed by atoms with van der Waals surface area (Å²) in [6, 6.07) is 7.82. The van der Waals surface area contributed by atoms with E-state index in [2.05, 4.69) is 5.32 Å². The third-order valence-electron chi connectivity index (χ3n) is 3.36. The molecular weight excluding hydrogens is 329 g/mol. The van der Waals surface area contributed by atoms with Crippen LogP contribution in [-0.4, -0.2) is 31.1 Å². The predicted molar refractivity (Wildman–Crippen MR) is 87.7 cm³/mol. The van der Waals surface area contributed by atoms with E-state index in [0.29, 0.717) is 5.75 Å². The Morgan fingerprint density at radius 1 is 1.16 bits per heavy atom. The molecule has 0 radical (unpaired) electrons. The van der Waals surface area contributed by atoms with Crippen LogP contribution in [0.15, 0.2) is 47.1 Å². The second kappa shape index (κ2) is 8.86. The van der Waals surface area contributed by atoms with Crippen molar-refractivity contribution in [3.8, 4) is 5.75 Å². The molecule has 134 valence electrons. The maximum Gasteiger partial charge on any atom is 0.329 e. The maximum absolute atomic E-state index is 12.8. The number of rotatable bonds is 8. The number of benzene rings is 1. The molecule has 0 saturated heterocycles. The highest BCUT2D eigenvalue weighted by Gasteiger charge is 2.26. The third-order valence-corrected chi connectivity index (χ3v) is 3.36. The quantitative estimate of drug-likeness (QED) is 0.586. The zero-order valence-electron chi connectivity index (χ0n) is 14.0. The van der Waals surface area contributed by atoms with Gasteiger partial charge in [-0.25, -0.2) is 9.18 Å². The van der Waals surface area contributed by atoms with E-state index in [9.17, 15) is 14.0 Å². The van der Waals surface area contributed by atoms with Crippen molar-refractivity contribution < 1.29 is 27.9 Å². The smallest absolute Gasteiger partial charge is 0.329 e. The lowest BCUT2D eigenvalue weighted by Crippen LogP contribution is -2.45. The minimum atomic E-state index is -0.802. The minimum absolute atomic E-state index is 0.00997. The molecule has 0 aliphatic carbocycles. The molecule has 0 unspecified atom stereocenters. The topological polar surface area (TPSA) is 77.8 Å². The van der Waals surface area contributed by atoms with E-state index in [4.69, 9.17) is 13.9 Å². The summed E-state index contributed by atoms with van der Waals surface area (Å²) in [6.45, 7) is 3.72. The fraction of sp³-hybridized carbons (Fsp3) is 0.333. The number of hydrogen-bond acceptors (Lipinski definition) is 5. The summed E-state index contributed by atoms with van der Waals surface area (Å²) < 4.78 is 28.3. The van der Waals surface area contributed by atoms with Gasteiger partial charge in [0.25, 0.3) is 5.91 Å². The first-order valence-corrected chi connectivity index (χ1v) is 7.86. The summed E-state index contributed by atoms with van der Waals surface area (Å²) in [7, 11) is 0. The van der Waals surface area contributed by atoms with Crippen molar-refractivity contribution in [2.24, 2.45) is 5.92 Å². The molecule has 0 bridgehead atoms. The average molecular weight is 349 g/mol. The Morgan fingerprint density at radius 2 is 1.88 bits per heavy atom. The average Bonchev–Trinajstić information content (AvgIpc) is 3.12. The van der Waals surface area contributed by atoms with E-state index in [-0.39, 0.29) is 30.7 Å². The fourth-order valence-corrected chi connectivity index (χ4v) is 2.04. The van der Waals surface area contributed by atoms with Gasteiger partial charge >= 0.3 is 5.97 Å². The van der Waals surface area contributed by atoms with Gasteiger partial charge in [-0.3, -0.25) is 4.79 Å². The highest BCUT2D eigenvalue weighted by molar-refractivity contribution is 5.94. The number of hydrogen-bond donors (Lipinski definition) is 1. The van der Waals surface area contributed by atoms with Crippen LogP contribution in [0.3, 0.4) is 0 Å². The summed E-state index contributed by atoms with van der Waals surface area (Å²) in [5.41, 5.74) is 0. The van der Waals surface area contributed by atoms with Crippen molar-refractivity contribution in [3.05, 3.63) is 54.2 Å². The molecule has 0 aliphatic heterocycles. The van der Waals surface area contributed by atoms with E-state index in [1.165, 1.54) is 36.6 Å². The molecule has 2 aromatic rings. The zero-order valence-corrected chi connectivity index (χ0v) is 14.0. The Kier molecular flexibility index (Phi) is 6.56. The van der Waals surface area contributed by atoms with Crippen LogP contribution in [0.25, 0.3) is 0 Å². The number of ether oxygens (including phenoxy) is 2. The van der Waals surface area contributed by atoms with Gasteiger partial charge in [-0.15, -0.1) is 0 Å². The van der Waals surface area contributed by atoms with E-state index < -0.39 is 17.9 Å². The summed E-state index contributed by atoms with van der Waals surface area (Å²) >= 11 is 0. The molecule has 6 nitrogen and oxygen atoms in total. The predicted octanol–water partition coefficient (Wildman–Crippen LogP) is 2.80. The maximum atomic E-state index is 12.8. The van der Waals surface area contributed by atoms with Gasteiger partial charge in [0.05, 0.1) is 6.26 Å². The van der Waals surface area contributed by atoms with Gasteiger partial charge in [-0.05, 0) is 42.3 Å². The van der Waals surface area contributed by atoms with Crippen LogP contribution in [0.2, 0.25) is 0 Å². The second-order valence-corrected chi connectivity index (χ2v) is 5.64. The first kappa shape index (κ1) is 18.5. The highest BCUT2D eigenvalue weighted by atomic mass is 19.1. The SMILES string of the molecule is CC(C)[C@H](NC(=O)c1ccco1)C(=O)OCCOc1ccc(F)cc1.